The molecule has 1 amide bonds. The number of amides is 1. The molecule has 1 fully saturated rings. The van der Waals surface area contributed by atoms with E-state index in [0.717, 1.165) is 24.5 Å². The lowest BCUT2D eigenvalue weighted by atomic mass is 10.1. The van der Waals surface area contributed by atoms with Crippen LogP contribution in [-0.4, -0.2) is 35.5 Å². The van der Waals surface area contributed by atoms with Crippen LogP contribution in [-0.2, 0) is 17.9 Å². The van der Waals surface area contributed by atoms with E-state index in [1.807, 2.05) is 23.1 Å². The lowest BCUT2D eigenvalue weighted by Crippen LogP contribution is -2.29. The van der Waals surface area contributed by atoms with Gasteiger partial charge in [0.2, 0.25) is 0 Å². The van der Waals surface area contributed by atoms with Crippen LogP contribution in [0, 0.1) is 5.92 Å². The van der Waals surface area contributed by atoms with Crippen LogP contribution in [0.3, 0.4) is 0 Å². The molecule has 1 aromatic carbocycles. The first-order valence-electron chi connectivity index (χ1n) is 7.81. The summed E-state index contributed by atoms with van der Waals surface area (Å²) in [5, 5.41) is 2.60. The lowest BCUT2D eigenvalue weighted by molar-refractivity contribution is 0.0729. The van der Waals surface area contributed by atoms with Gasteiger partial charge < -0.3 is 15.4 Å². The number of aromatic nitrogens is 1. The zero-order valence-corrected chi connectivity index (χ0v) is 15.0. The van der Waals surface area contributed by atoms with Crippen LogP contribution in [0.15, 0.2) is 35.7 Å². The molecule has 0 spiro atoms. The highest BCUT2D eigenvalue weighted by atomic mass is 35.5. The zero-order chi connectivity index (χ0) is 16.1. The third-order valence-corrected chi connectivity index (χ3v) is 4.85. The number of carbonyl (C=O) groups is 1. The highest BCUT2D eigenvalue weighted by Gasteiger charge is 2.28. The van der Waals surface area contributed by atoms with Crippen LogP contribution in [0.2, 0.25) is 0 Å². The predicted molar refractivity (Wildman–Crippen MR) is 97.4 cm³/mol. The van der Waals surface area contributed by atoms with Gasteiger partial charge in [0.1, 0.15) is 10.7 Å². The molecule has 130 valence electrons. The van der Waals surface area contributed by atoms with Crippen LogP contribution < -0.4 is 5.73 Å². The smallest absolute Gasteiger partial charge is 0.273 e. The molecule has 2 heterocycles. The van der Waals surface area contributed by atoms with Crippen molar-refractivity contribution in [3.63, 3.8) is 0 Å². The molecule has 1 aliphatic rings. The number of hydrogen-bond donors (Lipinski definition) is 1. The Morgan fingerprint density at radius 3 is 2.88 bits per heavy atom. The summed E-state index contributed by atoms with van der Waals surface area (Å²) in [5.41, 5.74) is 7.24. The number of thiazole rings is 1. The van der Waals surface area contributed by atoms with Crippen molar-refractivity contribution in [3.05, 3.63) is 52.0 Å². The largest absolute Gasteiger partial charge is 0.376 e. The maximum absolute atomic E-state index is 12.4. The van der Waals surface area contributed by atoms with Crippen molar-refractivity contribution in [2.75, 3.05) is 19.7 Å². The number of carbonyl (C=O) groups excluding carboxylic acids is 1. The number of nitrogens with two attached hydrogens (primary N) is 1. The Bertz CT molecular complexity index is 650. The molecule has 2 aromatic rings. The van der Waals surface area contributed by atoms with E-state index in [1.165, 1.54) is 16.9 Å². The number of rotatable bonds is 6. The molecule has 7 heteroatoms. The highest BCUT2D eigenvalue weighted by molar-refractivity contribution is 7.09. The van der Waals surface area contributed by atoms with Gasteiger partial charge in [-0.15, -0.1) is 23.7 Å². The van der Waals surface area contributed by atoms with Crippen LogP contribution in [0.1, 0.15) is 27.5 Å². The van der Waals surface area contributed by atoms with Crippen LogP contribution in [0.5, 0.6) is 0 Å². The van der Waals surface area contributed by atoms with Crippen molar-refractivity contribution in [3.8, 4) is 0 Å². The van der Waals surface area contributed by atoms with Gasteiger partial charge in [0, 0.05) is 30.9 Å². The molecule has 1 unspecified atom stereocenters. The molecule has 24 heavy (non-hydrogen) atoms. The van der Waals surface area contributed by atoms with Gasteiger partial charge in [-0.3, -0.25) is 4.79 Å². The Kier molecular flexibility index (Phi) is 7.17. The molecule has 1 aromatic heterocycles. The predicted octanol–water partition coefficient (Wildman–Crippen LogP) is 2.70. The molecule has 0 bridgehead atoms. The van der Waals surface area contributed by atoms with E-state index in [4.69, 9.17) is 10.5 Å². The van der Waals surface area contributed by atoms with E-state index < -0.39 is 0 Å². The normalized spacial score (nSPS) is 16.9. The fourth-order valence-corrected chi connectivity index (χ4v) is 3.38. The fraction of sp³-hybridized carbons (Fsp3) is 0.412. The minimum Gasteiger partial charge on any atom is -0.376 e. The Balaban J connectivity index is 0.00000208. The topological polar surface area (TPSA) is 68.5 Å². The molecular weight excluding hydrogens is 346 g/mol. The van der Waals surface area contributed by atoms with E-state index in [2.05, 4.69) is 17.1 Å². The minimum absolute atomic E-state index is 0. The Morgan fingerprint density at radius 2 is 2.17 bits per heavy atom. The zero-order valence-electron chi connectivity index (χ0n) is 13.4. The van der Waals surface area contributed by atoms with Crippen molar-refractivity contribution in [1.29, 1.82) is 0 Å². The second kappa shape index (κ2) is 9.13. The van der Waals surface area contributed by atoms with E-state index >= 15 is 0 Å². The van der Waals surface area contributed by atoms with E-state index in [-0.39, 0.29) is 18.3 Å². The Morgan fingerprint density at radius 1 is 1.38 bits per heavy atom. The molecule has 0 saturated carbocycles. The maximum Gasteiger partial charge on any atom is 0.273 e. The quantitative estimate of drug-likeness (QED) is 0.852. The monoisotopic (exact) mass is 367 g/mol. The van der Waals surface area contributed by atoms with E-state index in [0.29, 0.717) is 31.4 Å². The van der Waals surface area contributed by atoms with Gasteiger partial charge in [-0.05, 0) is 12.0 Å². The Hall–Kier alpha value is -1.47. The summed E-state index contributed by atoms with van der Waals surface area (Å²) in [6.45, 7) is 3.20. The summed E-state index contributed by atoms with van der Waals surface area (Å²) in [7, 11) is 0. The summed E-state index contributed by atoms with van der Waals surface area (Å²) in [4.78, 5) is 18.5. The van der Waals surface area contributed by atoms with Crippen molar-refractivity contribution in [1.82, 2.24) is 9.88 Å². The molecule has 1 aliphatic heterocycles. The van der Waals surface area contributed by atoms with Gasteiger partial charge in [-0.25, -0.2) is 4.98 Å². The summed E-state index contributed by atoms with van der Waals surface area (Å²) < 4.78 is 5.79. The SMILES string of the molecule is Cl.NCc1nc(C(=O)N2CCC(COCc3ccccc3)C2)cs1. The van der Waals surface area contributed by atoms with Gasteiger partial charge >= 0.3 is 0 Å². The summed E-state index contributed by atoms with van der Waals surface area (Å²) in [6.07, 6.45) is 0.981. The Labute approximate surface area is 152 Å². The third kappa shape index (κ3) is 4.77. The van der Waals surface area contributed by atoms with Gasteiger partial charge in [-0.1, -0.05) is 30.3 Å². The number of hydrogen-bond acceptors (Lipinski definition) is 5. The van der Waals surface area contributed by atoms with Gasteiger partial charge in [0.05, 0.1) is 13.2 Å². The number of ether oxygens (including phenoxy) is 1. The van der Waals surface area contributed by atoms with Crippen LogP contribution in [0.4, 0.5) is 0 Å². The average Bonchev–Trinajstić information content (AvgIpc) is 3.24. The van der Waals surface area contributed by atoms with Crippen molar-refractivity contribution in [2.24, 2.45) is 11.7 Å². The van der Waals surface area contributed by atoms with Crippen molar-refractivity contribution >= 4 is 29.7 Å². The third-order valence-electron chi connectivity index (χ3n) is 3.98. The first kappa shape index (κ1) is 18.9. The second-order valence-electron chi connectivity index (χ2n) is 5.74. The standard InChI is InChI=1S/C17H21N3O2S.ClH/c18-8-16-19-15(12-23-16)17(21)20-7-6-14(9-20)11-22-10-13-4-2-1-3-5-13;/h1-5,12,14H,6-11,18H2;1H. The number of benzene rings is 1. The molecule has 1 saturated heterocycles. The lowest BCUT2D eigenvalue weighted by Gasteiger charge is -2.15. The molecule has 0 aliphatic carbocycles. The van der Waals surface area contributed by atoms with Crippen LogP contribution >= 0.6 is 23.7 Å². The fourth-order valence-electron chi connectivity index (χ4n) is 2.74. The molecule has 0 radical (unpaired) electrons. The molecule has 3 rings (SSSR count). The second-order valence-corrected chi connectivity index (χ2v) is 6.68. The summed E-state index contributed by atoms with van der Waals surface area (Å²) in [6, 6.07) is 10.1. The van der Waals surface area contributed by atoms with E-state index in [9.17, 15) is 4.79 Å². The first-order chi connectivity index (χ1) is 11.3. The average molecular weight is 368 g/mol. The summed E-state index contributed by atoms with van der Waals surface area (Å²) in [5.74, 6) is 0.404. The minimum atomic E-state index is 0. The number of halogens is 1. The van der Waals surface area contributed by atoms with Crippen molar-refractivity contribution < 1.29 is 9.53 Å². The molecule has 5 nitrogen and oxygen atoms in total. The summed E-state index contributed by atoms with van der Waals surface area (Å²) >= 11 is 1.44. The molecule has 2 N–H and O–H groups in total. The molecular formula is C17H22ClN3O2S. The maximum atomic E-state index is 12.4. The van der Waals surface area contributed by atoms with Crippen LogP contribution in [0.25, 0.3) is 0 Å². The van der Waals surface area contributed by atoms with Crippen molar-refractivity contribution in [2.45, 2.75) is 19.6 Å². The van der Waals surface area contributed by atoms with Gasteiger partial charge in [0.15, 0.2) is 0 Å². The van der Waals surface area contributed by atoms with Gasteiger partial charge in [-0.2, -0.15) is 0 Å². The highest BCUT2D eigenvalue weighted by Crippen LogP contribution is 2.20. The van der Waals surface area contributed by atoms with E-state index in [1.54, 1.807) is 5.38 Å². The first-order valence-corrected chi connectivity index (χ1v) is 8.69. The number of nitrogens with zero attached hydrogens (tertiary/aromatic N) is 2. The van der Waals surface area contributed by atoms with Gasteiger partial charge in [0.25, 0.3) is 5.91 Å². The molecule has 1 atom stereocenters. The number of likely N-dealkylation sites (tertiary alicyclic amines) is 1.